The number of benzene rings is 2. The molecule has 160 valence electrons. The summed E-state index contributed by atoms with van der Waals surface area (Å²) in [5.74, 6) is -0.811. The van der Waals surface area contributed by atoms with Crippen LogP contribution in [0, 0.1) is 5.92 Å². The first-order valence-electron chi connectivity index (χ1n) is 9.98. The van der Waals surface area contributed by atoms with Crippen molar-refractivity contribution in [3.63, 3.8) is 0 Å². The van der Waals surface area contributed by atoms with Gasteiger partial charge in [0.15, 0.2) is 0 Å². The zero-order valence-electron chi connectivity index (χ0n) is 17.7. The molecule has 0 aliphatic carbocycles. The number of rotatable bonds is 9. The summed E-state index contributed by atoms with van der Waals surface area (Å²) in [5, 5.41) is 5.51. The van der Waals surface area contributed by atoms with Crippen LogP contribution in [0.25, 0.3) is 0 Å². The Bertz CT molecular complexity index is 877. The molecule has 7 heteroatoms. The fourth-order valence-corrected chi connectivity index (χ4v) is 2.82. The predicted molar refractivity (Wildman–Crippen MR) is 115 cm³/mol. The van der Waals surface area contributed by atoms with Gasteiger partial charge >= 0.3 is 5.97 Å². The van der Waals surface area contributed by atoms with Gasteiger partial charge in [-0.05, 0) is 56.2 Å². The number of ether oxygens (including phenoxy) is 2. The molecule has 0 unspecified atom stereocenters. The summed E-state index contributed by atoms with van der Waals surface area (Å²) >= 11 is 0. The van der Waals surface area contributed by atoms with Gasteiger partial charge in [-0.1, -0.05) is 26.0 Å². The minimum absolute atomic E-state index is 0.175. The molecule has 30 heavy (non-hydrogen) atoms. The molecule has 2 aromatic rings. The zero-order chi connectivity index (χ0) is 22.1. The van der Waals surface area contributed by atoms with Gasteiger partial charge in [0.25, 0.3) is 5.91 Å². The summed E-state index contributed by atoms with van der Waals surface area (Å²) in [4.78, 5) is 37.7. The van der Waals surface area contributed by atoms with Crippen LogP contribution in [-0.4, -0.2) is 37.0 Å². The summed E-state index contributed by atoms with van der Waals surface area (Å²) in [5.41, 5.74) is 1.01. The quantitative estimate of drug-likeness (QED) is 0.613. The molecule has 0 saturated heterocycles. The van der Waals surface area contributed by atoms with Crippen molar-refractivity contribution < 1.29 is 23.9 Å². The Kier molecular flexibility index (Phi) is 8.41. The molecule has 7 nitrogen and oxygen atoms in total. The van der Waals surface area contributed by atoms with Crippen LogP contribution in [0.2, 0.25) is 0 Å². The van der Waals surface area contributed by atoms with Crippen LogP contribution in [-0.2, 0) is 9.53 Å². The summed E-state index contributed by atoms with van der Waals surface area (Å²) in [6.45, 7) is 8.03. The number of amides is 2. The highest BCUT2D eigenvalue weighted by atomic mass is 16.5. The van der Waals surface area contributed by atoms with Crippen molar-refractivity contribution in [3.8, 4) is 5.75 Å². The SMILES string of the molecule is CCOC(=O)c1ccccc1NC(=O)[C@@H](NC(=O)c1ccc(OCC)cc1)C(C)C. The van der Waals surface area contributed by atoms with Crippen molar-refractivity contribution >= 4 is 23.5 Å². The van der Waals surface area contributed by atoms with Gasteiger partial charge in [-0.25, -0.2) is 4.79 Å². The standard InChI is InChI=1S/C23H28N2O5/c1-5-29-17-13-11-16(12-14-17)21(26)25-20(15(3)4)22(27)24-19-10-8-7-9-18(19)23(28)30-6-2/h7-15,20H,5-6H2,1-4H3,(H,24,27)(H,25,26)/t20-/m0/s1. The van der Waals surface area contributed by atoms with E-state index in [1.54, 1.807) is 55.5 Å². The molecule has 2 aromatic carbocycles. The van der Waals surface area contributed by atoms with Crippen molar-refractivity contribution in [1.29, 1.82) is 0 Å². The van der Waals surface area contributed by atoms with Crippen molar-refractivity contribution in [2.45, 2.75) is 33.7 Å². The Hall–Kier alpha value is -3.35. The molecule has 0 radical (unpaired) electrons. The van der Waals surface area contributed by atoms with E-state index in [-0.39, 0.29) is 24.0 Å². The number of para-hydroxylation sites is 1. The van der Waals surface area contributed by atoms with Gasteiger partial charge in [-0.3, -0.25) is 9.59 Å². The molecule has 0 aliphatic heterocycles. The van der Waals surface area contributed by atoms with Gasteiger partial charge in [0.05, 0.1) is 24.5 Å². The van der Waals surface area contributed by atoms with Gasteiger partial charge in [0.2, 0.25) is 5.91 Å². The highest BCUT2D eigenvalue weighted by molar-refractivity contribution is 6.05. The van der Waals surface area contributed by atoms with E-state index in [0.29, 0.717) is 23.6 Å². The van der Waals surface area contributed by atoms with E-state index < -0.39 is 17.9 Å². The molecule has 0 aromatic heterocycles. The zero-order valence-corrected chi connectivity index (χ0v) is 17.7. The largest absolute Gasteiger partial charge is 0.494 e. The van der Waals surface area contributed by atoms with Gasteiger partial charge in [-0.15, -0.1) is 0 Å². The first-order chi connectivity index (χ1) is 14.4. The van der Waals surface area contributed by atoms with Gasteiger partial charge in [-0.2, -0.15) is 0 Å². The topological polar surface area (TPSA) is 93.7 Å². The van der Waals surface area contributed by atoms with Gasteiger partial charge < -0.3 is 20.1 Å². The second kappa shape index (κ2) is 11.0. The van der Waals surface area contributed by atoms with Crippen LogP contribution in [0.1, 0.15) is 48.4 Å². The molecule has 2 rings (SSSR count). The third kappa shape index (κ3) is 6.07. The van der Waals surface area contributed by atoms with E-state index in [1.165, 1.54) is 0 Å². The van der Waals surface area contributed by atoms with Crippen LogP contribution < -0.4 is 15.4 Å². The minimum atomic E-state index is -0.792. The molecule has 2 amide bonds. The first kappa shape index (κ1) is 22.9. The molecule has 0 bridgehead atoms. The number of carbonyl (C=O) groups is 3. The molecule has 0 aliphatic rings. The van der Waals surface area contributed by atoms with Gasteiger partial charge in [0, 0.05) is 5.56 Å². The summed E-state index contributed by atoms with van der Waals surface area (Å²) in [7, 11) is 0. The lowest BCUT2D eigenvalue weighted by Crippen LogP contribution is -2.47. The van der Waals surface area contributed by atoms with E-state index in [9.17, 15) is 14.4 Å². The second-order valence-corrected chi connectivity index (χ2v) is 6.91. The van der Waals surface area contributed by atoms with Crippen LogP contribution in [0.5, 0.6) is 5.75 Å². The summed E-state index contributed by atoms with van der Waals surface area (Å²) < 4.78 is 10.4. The Labute approximate surface area is 176 Å². The van der Waals surface area contributed by atoms with E-state index in [0.717, 1.165) is 0 Å². The maximum atomic E-state index is 12.9. The number of anilines is 1. The predicted octanol–water partition coefficient (Wildman–Crippen LogP) is 3.66. The Morgan fingerprint density at radius 1 is 0.933 bits per heavy atom. The van der Waals surface area contributed by atoms with E-state index in [1.807, 2.05) is 20.8 Å². The monoisotopic (exact) mass is 412 g/mol. The highest BCUT2D eigenvalue weighted by Crippen LogP contribution is 2.18. The maximum Gasteiger partial charge on any atom is 0.340 e. The molecule has 1 atom stereocenters. The highest BCUT2D eigenvalue weighted by Gasteiger charge is 2.26. The molecule has 2 N–H and O–H groups in total. The summed E-state index contributed by atoms with van der Waals surface area (Å²) in [6.07, 6.45) is 0. The number of nitrogens with one attached hydrogen (secondary N) is 2. The summed E-state index contributed by atoms with van der Waals surface area (Å²) in [6, 6.07) is 12.5. The van der Waals surface area contributed by atoms with E-state index in [2.05, 4.69) is 10.6 Å². The second-order valence-electron chi connectivity index (χ2n) is 6.91. The fourth-order valence-electron chi connectivity index (χ4n) is 2.82. The Balaban J connectivity index is 2.14. The molecule has 0 spiro atoms. The number of carbonyl (C=O) groups excluding carboxylic acids is 3. The van der Waals surface area contributed by atoms with Crippen LogP contribution in [0.4, 0.5) is 5.69 Å². The average Bonchev–Trinajstić information content (AvgIpc) is 2.72. The molecule has 0 heterocycles. The molecular weight excluding hydrogens is 384 g/mol. The van der Waals surface area contributed by atoms with Crippen molar-refractivity contribution in [2.75, 3.05) is 18.5 Å². The first-order valence-corrected chi connectivity index (χ1v) is 9.98. The maximum absolute atomic E-state index is 12.9. The minimum Gasteiger partial charge on any atom is -0.494 e. The third-order valence-electron chi connectivity index (χ3n) is 4.34. The van der Waals surface area contributed by atoms with Crippen LogP contribution in [0.15, 0.2) is 48.5 Å². The fraction of sp³-hybridized carbons (Fsp3) is 0.348. The number of hydrogen-bond donors (Lipinski definition) is 2. The molecule has 0 saturated carbocycles. The molecular formula is C23H28N2O5. The smallest absolute Gasteiger partial charge is 0.340 e. The van der Waals surface area contributed by atoms with E-state index in [4.69, 9.17) is 9.47 Å². The normalized spacial score (nSPS) is 11.5. The van der Waals surface area contributed by atoms with E-state index >= 15 is 0 Å². The average molecular weight is 412 g/mol. The Morgan fingerprint density at radius 2 is 1.60 bits per heavy atom. The lowest BCUT2D eigenvalue weighted by molar-refractivity contribution is -0.118. The third-order valence-corrected chi connectivity index (χ3v) is 4.34. The lowest BCUT2D eigenvalue weighted by Gasteiger charge is -2.22. The van der Waals surface area contributed by atoms with Crippen molar-refractivity contribution in [1.82, 2.24) is 5.32 Å². The van der Waals surface area contributed by atoms with Gasteiger partial charge in [0.1, 0.15) is 11.8 Å². The number of hydrogen-bond acceptors (Lipinski definition) is 5. The van der Waals surface area contributed by atoms with Crippen LogP contribution >= 0.6 is 0 Å². The lowest BCUT2D eigenvalue weighted by atomic mass is 10.0. The van der Waals surface area contributed by atoms with Crippen LogP contribution in [0.3, 0.4) is 0 Å². The Morgan fingerprint density at radius 3 is 2.20 bits per heavy atom. The number of esters is 1. The van der Waals surface area contributed by atoms with Crippen molar-refractivity contribution in [2.24, 2.45) is 5.92 Å². The molecule has 0 fully saturated rings. The van der Waals surface area contributed by atoms with Crippen molar-refractivity contribution in [3.05, 3.63) is 59.7 Å².